The quantitative estimate of drug-likeness (QED) is 0.925. The number of aliphatic hydroxyl groups excluding tert-OH is 1. The van der Waals surface area contributed by atoms with Crippen LogP contribution in [0, 0.1) is 5.82 Å². The van der Waals surface area contributed by atoms with Crippen LogP contribution in [0.4, 0.5) is 4.39 Å². The van der Waals surface area contributed by atoms with Gasteiger partial charge in [-0.1, -0.05) is 36.4 Å². The average molecular weight is 272 g/mol. The van der Waals surface area contributed by atoms with Crippen molar-refractivity contribution in [2.45, 2.75) is 24.9 Å². The van der Waals surface area contributed by atoms with Gasteiger partial charge in [0.2, 0.25) is 0 Å². The van der Waals surface area contributed by atoms with Gasteiger partial charge >= 0.3 is 0 Å². The second-order valence-corrected chi connectivity index (χ2v) is 5.19. The van der Waals surface area contributed by atoms with E-state index in [1.165, 1.54) is 11.6 Å². The molecule has 2 nitrogen and oxygen atoms in total. The van der Waals surface area contributed by atoms with Crippen LogP contribution in [-0.4, -0.2) is 17.8 Å². The summed E-state index contributed by atoms with van der Waals surface area (Å²) in [5, 5.41) is 9.56. The van der Waals surface area contributed by atoms with Gasteiger partial charge in [0.15, 0.2) is 0 Å². The highest BCUT2D eigenvalue weighted by molar-refractivity contribution is 5.37. The zero-order valence-electron chi connectivity index (χ0n) is 11.1. The summed E-state index contributed by atoms with van der Waals surface area (Å²) in [5.74, 6) is 0.417. The van der Waals surface area contributed by atoms with E-state index in [4.69, 9.17) is 4.74 Å². The number of para-hydroxylation sites is 1. The molecule has 0 radical (unpaired) electrons. The van der Waals surface area contributed by atoms with Gasteiger partial charge in [-0.25, -0.2) is 4.39 Å². The molecule has 104 valence electrons. The maximum absolute atomic E-state index is 13.8. The van der Waals surface area contributed by atoms with Crippen LogP contribution in [0.5, 0.6) is 5.75 Å². The molecule has 2 unspecified atom stereocenters. The first-order valence-corrected chi connectivity index (χ1v) is 6.87. The van der Waals surface area contributed by atoms with Gasteiger partial charge in [-0.3, -0.25) is 0 Å². The summed E-state index contributed by atoms with van der Waals surface area (Å²) in [4.78, 5) is 0. The fourth-order valence-electron chi connectivity index (χ4n) is 2.81. The minimum absolute atomic E-state index is 0.00385. The number of ether oxygens (including phenoxy) is 1. The SMILES string of the molecule is OCC(CC1Cc2ccccc2O1)c1ccccc1F. The van der Waals surface area contributed by atoms with Gasteiger partial charge in [0.1, 0.15) is 17.7 Å². The molecule has 2 atom stereocenters. The molecule has 1 aliphatic rings. The molecule has 3 rings (SSSR count). The summed E-state index contributed by atoms with van der Waals surface area (Å²) in [6.07, 6.45) is 1.44. The van der Waals surface area contributed by atoms with E-state index >= 15 is 0 Å². The molecule has 0 aliphatic carbocycles. The van der Waals surface area contributed by atoms with E-state index < -0.39 is 0 Å². The lowest BCUT2D eigenvalue weighted by Crippen LogP contribution is -2.20. The van der Waals surface area contributed by atoms with E-state index in [0.29, 0.717) is 12.0 Å². The Morgan fingerprint density at radius 1 is 1.15 bits per heavy atom. The molecule has 1 aliphatic heterocycles. The Bertz CT molecular complexity index is 572. The van der Waals surface area contributed by atoms with Crippen LogP contribution in [0.15, 0.2) is 48.5 Å². The smallest absolute Gasteiger partial charge is 0.126 e. The highest BCUT2D eigenvalue weighted by Crippen LogP contribution is 2.33. The van der Waals surface area contributed by atoms with Crippen LogP contribution in [0.25, 0.3) is 0 Å². The molecule has 0 spiro atoms. The Hall–Kier alpha value is -1.87. The lowest BCUT2D eigenvalue weighted by atomic mass is 9.92. The van der Waals surface area contributed by atoms with Crippen molar-refractivity contribution < 1.29 is 14.2 Å². The fourth-order valence-corrected chi connectivity index (χ4v) is 2.81. The third-order valence-electron chi connectivity index (χ3n) is 3.83. The number of hydrogen-bond donors (Lipinski definition) is 1. The van der Waals surface area contributed by atoms with Gasteiger partial charge in [-0.05, 0) is 29.7 Å². The zero-order chi connectivity index (χ0) is 13.9. The second-order valence-electron chi connectivity index (χ2n) is 5.19. The van der Waals surface area contributed by atoms with Crippen molar-refractivity contribution in [1.29, 1.82) is 0 Å². The van der Waals surface area contributed by atoms with Crippen LogP contribution in [0.1, 0.15) is 23.5 Å². The number of halogens is 1. The number of aliphatic hydroxyl groups is 1. The predicted molar refractivity (Wildman–Crippen MR) is 75.4 cm³/mol. The van der Waals surface area contributed by atoms with Crippen LogP contribution in [-0.2, 0) is 6.42 Å². The Labute approximate surface area is 117 Å². The van der Waals surface area contributed by atoms with E-state index in [-0.39, 0.29) is 24.4 Å². The summed E-state index contributed by atoms with van der Waals surface area (Å²) >= 11 is 0. The van der Waals surface area contributed by atoms with Crippen molar-refractivity contribution in [3.63, 3.8) is 0 Å². The normalized spacial score (nSPS) is 18.4. The average Bonchev–Trinajstić information content (AvgIpc) is 2.88. The first-order valence-electron chi connectivity index (χ1n) is 6.87. The second kappa shape index (κ2) is 5.63. The summed E-state index contributed by atoms with van der Waals surface area (Å²) in [6, 6.07) is 14.6. The molecule has 0 bridgehead atoms. The van der Waals surface area contributed by atoms with Crippen molar-refractivity contribution in [3.8, 4) is 5.75 Å². The number of benzene rings is 2. The van der Waals surface area contributed by atoms with Crippen molar-refractivity contribution >= 4 is 0 Å². The van der Waals surface area contributed by atoms with Crippen LogP contribution >= 0.6 is 0 Å². The van der Waals surface area contributed by atoms with E-state index in [1.54, 1.807) is 18.2 Å². The van der Waals surface area contributed by atoms with Crippen molar-refractivity contribution in [2.24, 2.45) is 0 Å². The van der Waals surface area contributed by atoms with E-state index in [0.717, 1.165) is 12.2 Å². The number of fused-ring (bicyclic) bond motifs is 1. The third-order valence-corrected chi connectivity index (χ3v) is 3.83. The van der Waals surface area contributed by atoms with Gasteiger partial charge in [-0.15, -0.1) is 0 Å². The largest absolute Gasteiger partial charge is 0.490 e. The highest BCUT2D eigenvalue weighted by Gasteiger charge is 2.27. The molecule has 1 heterocycles. The Morgan fingerprint density at radius 3 is 2.65 bits per heavy atom. The molecular weight excluding hydrogens is 255 g/mol. The van der Waals surface area contributed by atoms with Gasteiger partial charge in [-0.2, -0.15) is 0 Å². The van der Waals surface area contributed by atoms with E-state index in [9.17, 15) is 9.50 Å². The molecular formula is C17H17FO2. The standard InChI is InChI=1S/C17H17FO2/c18-16-7-3-2-6-15(16)13(11-19)10-14-9-12-5-1-4-8-17(12)20-14/h1-8,13-14,19H,9-11H2. The summed E-state index contributed by atoms with van der Waals surface area (Å²) in [6.45, 7) is -0.0723. The van der Waals surface area contributed by atoms with Crippen LogP contribution < -0.4 is 4.74 Å². The van der Waals surface area contributed by atoms with Crippen LogP contribution in [0.2, 0.25) is 0 Å². The number of hydrogen-bond acceptors (Lipinski definition) is 2. The Kier molecular flexibility index (Phi) is 3.70. The molecule has 0 fully saturated rings. The topological polar surface area (TPSA) is 29.5 Å². The minimum Gasteiger partial charge on any atom is -0.490 e. The molecule has 1 N–H and O–H groups in total. The maximum Gasteiger partial charge on any atom is 0.126 e. The Morgan fingerprint density at radius 2 is 1.90 bits per heavy atom. The zero-order valence-corrected chi connectivity index (χ0v) is 11.1. The van der Waals surface area contributed by atoms with Gasteiger partial charge in [0.25, 0.3) is 0 Å². The molecule has 2 aromatic carbocycles. The summed E-state index contributed by atoms with van der Waals surface area (Å²) < 4.78 is 19.7. The van der Waals surface area contributed by atoms with Gasteiger partial charge < -0.3 is 9.84 Å². The first-order chi connectivity index (χ1) is 9.78. The minimum atomic E-state index is -0.262. The van der Waals surface area contributed by atoms with Crippen LogP contribution in [0.3, 0.4) is 0 Å². The van der Waals surface area contributed by atoms with Gasteiger partial charge in [0, 0.05) is 12.3 Å². The maximum atomic E-state index is 13.8. The third kappa shape index (κ3) is 2.54. The number of rotatable bonds is 4. The van der Waals surface area contributed by atoms with Crippen molar-refractivity contribution in [2.75, 3.05) is 6.61 Å². The lowest BCUT2D eigenvalue weighted by Gasteiger charge is -2.19. The first kappa shape index (κ1) is 13.1. The molecule has 0 amide bonds. The highest BCUT2D eigenvalue weighted by atomic mass is 19.1. The molecule has 3 heteroatoms. The molecule has 20 heavy (non-hydrogen) atoms. The predicted octanol–water partition coefficient (Wildman–Crippen LogP) is 3.30. The summed E-state index contributed by atoms with van der Waals surface area (Å²) in [5.41, 5.74) is 1.75. The molecule has 0 saturated heterocycles. The van der Waals surface area contributed by atoms with Crippen molar-refractivity contribution in [3.05, 3.63) is 65.5 Å². The molecule has 0 aromatic heterocycles. The summed E-state index contributed by atoms with van der Waals surface area (Å²) in [7, 11) is 0. The van der Waals surface area contributed by atoms with E-state index in [2.05, 4.69) is 0 Å². The van der Waals surface area contributed by atoms with E-state index in [1.807, 2.05) is 24.3 Å². The Balaban J connectivity index is 1.73. The van der Waals surface area contributed by atoms with Crippen molar-refractivity contribution in [1.82, 2.24) is 0 Å². The monoisotopic (exact) mass is 272 g/mol. The lowest BCUT2D eigenvalue weighted by molar-refractivity contribution is 0.178. The molecule has 2 aromatic rings. The molecule has 0 saturated carbocycles. The van der Waals surface area contributed by atoms with Gasteiger partial charge in [0.05, 0.1) is 6.61 Å². The fraction of sp³-hybridized carbons (Fsp3) is 0.294.